The number of aryl methyl sites for hydroxylation is 1. The van der Waals surface area contributed by atoms with Crippen molar-refractivity contribution < 1.29 is 9.66 Å². The van der Waals surface area contributed by atoms with Crippen LogP contribution in [0.5, 0.6) is 5.75 Å². The molecule has 110 valence electrons. The quantitative estimate of drug-likeness (QED) is 0.646. The zero-order chi connectivity index (χ0) is 15.2. The number of nitro benzene ring substituents is 1. The fourth-order valence-electron chi connectivity index (χ4n) is 2.11. The van der Waals surface area contributed by atoms with Crippen molar-refractivity contribution >= 4 is 11.4 Å². The monoisotopic (exact) mass is 286 g/mol. The van der Waals surface area contributed by atoms with Crippen LogP contribution < -0.4 is 10.1 Å². The van der Waals surface area contributed by atoms with E-state index in [9.17, 15) is 10.1 Å². The van der Waals surface area contributed by atoms with Crippen molar-refractivity contribution in [1.29, 1.82) is 0 Å². The molecule has 0 unspecified atom stereocenters. The van der Waals surface area contributed by atoms with Gasteiger partial charge in [0, 0.05) is 29.4 Å². The van der Waals surface area contributed by atoms with Gasteiger partial charge < -0.3 is 10.1 Å². The summed E-state index contributed by atoms with van der Waals surface area (Å²) in [4.78, 5) is 10.4. The van der Waals surface area contributed by atoms with Crippen molar-refractivity contribution in [3.63, 3.8) is 0 Å². The Kier molecular flexibility index (Phi) is 4.77. The molecule has 0 heterocycles. The molecule has 0 atom stereocenters. The highest BCUT2D eigenvalue weighted by molar-refractivity contribution is 5.54. The minimum absolute atomic E-state index is 0.135. The highest BCUT2D eigenvalue weighted by atomic mass is 16.6. The number of benzene rings is 2. The summed E-state index contributed by atoms with van der Waals surface area (Å²) in [6.45, 7) is 4.91. The van der Waals surface area contributed by atoms with Crippen molar-refractivity contribution in [1.82, 2.24) is 0 Å². The van der Waals surface area contributed by atoms with Gasteiger partial charge in [-0.3, -0.25) is 10.1 Å². The second-order valence-electron chi connectivity index (χ2n) is 4.65. The molecule has 0 amide bonds. The molecular formula is C16H18N2O3. The maximum absolute atomic E-state index is 10.8. The third-order valence-corrected chi connectivity index (χ3v) is 3.15. The summed E-state index contributed by atoms with van der Waals surface area (Å²) in [5.41, 5.74) is 2.68. The number of nitro groups is 1. The summed E-state index contributed by atoms with van der Waals surface area (Å²) in [5, 5.41) is 14.1. The van der Waals surface area contributed by atoms with Gasteiger partial charge in [-0.25, -0.2) is 0 Å². The van der Waals surface area contributed by atoms with Gasteiger partial charge in [0.05, 0.1) is 11.5 Å². The third-order valence-electron chi connectivity index (χ3n) is 3.15. The van der Waals surface area contributed by atoms with Crippen molar-refractivity contribution in [2.45, 2.75) is 20.4 Å². The van der Waals surface area contributed by atoms with Gasteiger partial charge in [0.25, 0.3) is 5.69 Å². The minimum atomic E-state index is -0.372. The Hall–Kier alpha value is -2.56. The van der Waals surface area contributed by atoms with Crippen LogP contribution in [-0.2, 0) is 6.54 Å². The lowest BCUT2D eigenvalue weighted by molar-refractivity contribution is -0.385. The van der Waals surface area contributed by atoms with E-state index in [1.165, 1.54) is 6.07 Å². The maximum atomic E-state index is 10.8. The SMILES string of the molecule is CCOc1ccccc1CNc1ccc([N+](=O)[O-])c(C)c1. The summed E-state index contributed by atoms with van der Waals surface area (Å²) in [6, 6.07) is 12.8. The molecule has 0 radical (unpaired) electrons. The molecule has 1 N–H and O–H groups in total. The van der Waals surface area contributed by atoms with Crippen molar-refractivity contribution in [2.75, 3.05) is 11.9 Å². The molecule has 0 saturated heterocycles. The van der Waals surface area contributed by atoms with E-state index in [0.717, 1.165) is 17.0 Å². The molecule has 2 aromatic carbocycles. The van der Waals surface area contributed by atoms with Crippen molar-refractivity contribution in [3.05, 3.63) is 63.7 Å². The number of nitrogens with zero attached hydrogens (tertiary/aromatic N) is 1. The fraction of sp³-hybridized carbons (Fsp3) is 0.250. The Morgan fingerprint density at radius 2 is 2.00 bits per heavy atom. The fourth-order valence-corrected chi connectivity index (χ4v) is 2.11. The van der Waals surface area contributed by atoms with Gasteiger partial charge in [0.15, 0.2) is 0 Å². The molecule has 0 aliphatic carbocycles. The Balaban J connectivity index is 2.10. The van der Waals surface area contributed by atoms with Gasteiger partial charge in [-0.15, -0.1) is 0 Å². The van der Waals surface area contributed by atoms with E-state index in [1.54, 1.807) is 19.1 Å². The van der Waals surface area contributed by atoms with E-state index in [4.69, 9.17) is 4.74 Å². The summed E-state index contributed by atoms with van der Waals surface area (Å²) < 4.78 is 5.57. The lowest BCUT2D eigenvalue weighted by Crippen LogP contribution is -2.03. The first-order valence-electron chi connectivity index (χ1n) is 6.81. The number of nitrogens with one attached hydrogen (secondary N) is 1. The highest BCUT2D eigenvalue weighted by Gasteiger charge is 2.10. The van der Waals surface area contributed by atoms with E-state index in [2.05, 4.69) is 5.32 Å². The molecule has 21 heavy (non-hydrogen) atoms. The van der Waals surface area contributed by atoms with Crippen LogP contribution in [0.15, 0.2) is 42.5 Å². The van der Waals surface area contributed by atoms with Crippen LogP contribution in [0.3, 0.4) is 0 Å². The Morgan fingerprint density at radius 3 is 2.67 bits per heavy atom. The van der Waals surface area contributed by atoms with Gasteiger partial charge in [-0.2, -0.15) is 0 Å². The number of ether oxygens (including phenoxy) is 1. The third kappa shape index (κ3) is 3.72. The molecule has 5 nitrogen and oxygen atoms in total. The van der Waals surface area contributed by atoms with E-state index in [0.29, 0.717) is 18.7 Å². The minimum Gasteiger partial charge on any atom is -0.494 e. The van der Waals surface area contributed by atoms with Crippen molar-refractivity contribution in [2.24, 2.45) is 0 Å². The lowest BCUT2D eigenvalue weighted by atomic mass is 10.1. The van der Waals surface area contributed by atoms with Gasteiger partial charge in [0.2, 0.25) is 0 Å². The Labute approximate surface area is 123 Å². The van der Waals surface area contributed by atoms with Gasteiger partial charge in [-0.05, 0) is 32.0 Å². The predicted octanol–water partition coefficient (Wildman–Crippen LogP) is 3.91. The summed E-state index contributed by atoms with van der Waals surface area (Å²) in [5.74, 6) is 0.853. The van der Waals surface area contributed by atoms with Crippen LogP contribution in [0.4, 0.5) is 11.4 Å². The van der Waals surface area contributed by atoms with Gasteiger partial charge in [-0.1, -0.05) is 18.2 Å². The van der Waals surface area contributed by atoms with E-state index in [-0.39, 0.29) is 10.6 Å². The molecule has 0 spiro atoms. The zero-order valence-electron chi connectivity index (χ0n) is 12.1. The molecule has 0 aliphatic heterocycles. The molecule has 2 rings (SSSR count). The molecular weight excluding hydrogens is 268 g/mol. The van der Waals surface area contributed by atoms with Crippen LogP contribution in [0.25, 0.3) is 0 Å². The van der Waals surface area contributed by atoms with Gasteiger partial charge in [0.1, 0.15) is 5.75 Å². The van der Waals surface area contributed by atoms with E-state index in [1.807, 2.05) is 31.2 Å². The summed E-state index contributed by atoms with van der Waals surface area (Å²) in [6.07, 6.45) is 0. The topological polar surface area (TPSA) is 64.4 Å². The largest absolute Gasteiger partial charge is 0.494 e. The van der Waals surface area contributed by atoms with Gasteiger partial charge >= 0.3 is 0 Å². The Morgan fingerprint density at radius 1 is 1.24 bits per heavy atom. The first-order chi connectivity index (χ1) is 10.1. The van der Waals surface area contributed by atoms with E-state index < -0.39 is 0 Å². The summed E-state index contributed by atoms with van der Waals surface area (Å²) >= 11 is 0. The molecule has 2 aromatic rings. The predicted molar refractivity (Wildman–Crippen MR) is 82.8 cm³/mol. The standard InChI is InChI=1S/C16H18N2O3/c1-3-21-16-7-5-4-6-13(16)11-17-14-8-9-15(18(19)20)12(2)10-14/h4-10,17H,3,11H2,1-2H3. The summed E-state index contributed by atoms with van der Waals surface area (Å²) in [7, 11) is 0. The second kappa shape index (κ2) is 6.74. The number of hydrogen-bond donors (Lipinski definition) is 1. The maximum Gasteiger partial charge on any atom is 0.272 e. The molecule has 0 aliphatic rings. The normalized spacial score (nSPS) is 10.2. The average molecular weight is 286 g/mol. The number of rotatable bonds is 6. The molecule has 0 bridgehead atoms. The smallest absolute Gasteiger partial charge is 0.272 e. The van der Waals surface area contributed by atoms with Crippen molar-refractivity contribution in [3.8, 4) is 5.75 Å². The number of para-hydroxylation sites is 1. The first kappa shape index (κ1) is 14.8. The lowest BCUT2D eigenvalue weighted by Gasteiger charge is -2.12. The number of hydrogen-bond acceptors (Lipinski definition) is 4. The average Bonchev–Trinajstić information content (AvgIpc) is 2.46. The number of anilines is 1. The van der Waals surface area contributed by atoms with Crippen LogP contribution in [-0.4, -0.2) is 11.5 Å². The highest BCUT2D eigenvalue weighted by Crippen LogP contribution is 2.23. The second-order valence-corrected chi connectivity index (χ2v) is 4.65. The molecule has 0 fully saturated rings. The Bertz CT molecular complexity index is 641. The van der Waals surface area contributed by atoms with Crippen LogP contribution in [0.1, 0.15) is 18.1 Å². The van der Waals surface area contributed by atoms with Crippen LogP contribution >= 0.6 is 0 Å². The zero-order valence-corrected chi connectivity index (χ0v) is 12.1. The first-order valence-corrected chi connectivity index (χ1v) is 6.81. The van der Waals surface area contributed by atoms with E-state index >= 15 is 0 Å². The molecule has 0 saturated carbocycles. The molecule has 0 aromatic heterocycles. The van der Waals surface area contributed by atoms with Crippen LogP contribution in [0.2, 0.25) is 0 Å². The molecule has 5 heteroatoms. The van der Waals surface area contributed by atoms with Crippen LogP contribution in [0, 0.1) is 17.0 Å².